The largest absolute Gasteiger partial charge is 0.465 e. The highest BCUT2D eigenvalue weighted by Crippen LogP contribution is 2.14. The topological polar surface area (TPSA) is 128 Å². The number of carbonyl (C=O) groups is 3. The summed E-state index contributed by atoms with van der Waals surface area (Å²) in [6.45, 7) is 2.70. The molecule has 9 heteroatoms. The molecule has 0 radical (unpaired) electrons. The molecule has 0 atom stereocenters. The lowest BCUT2D eigenvalue weighted by Crippen LogP contribution is -2.37. The predicted octanol–water partition coefficient (Wildman–Crippen LogP) is 0.751. The van der Waals surface area contributed by atoms with E-state index in [9.17, 15) is 24.5 Å². The number of ether oxygens (including phenoxy) is 1. The van der Waals surface area contributed by atoms with E-state index in [1.165, 1.54) is 37.3 Å². The number of hydrogen-bond donors (Lipinski definition) is 2. The number of nitro benzene ring substituents is 1. The van der Waals surface area contributed by atoms with Crippen LogP contribution in [0.25, 0.3) is 6.08 Å². The van der Waals surface area contributed by atoms with Crippen LogP contribution in [0.3, 0.4) is 0 Å². The maximum Gasteiger partial charge on any atom is 0.325 e. The van der Waals surface area contributed by atoms with Crippen LogP contribution in [0.4, 0.5) is 5.69 Å². The number of carbonyl (C=O) groups excluding carboxylic acids is 3. The van der Waals surface area contributed by atoms with Crippen LogP contribution in [0.2, 0.25) is 0 Å². The molecule has 1 aromatic rings. The Labute approximate surface area is 137 Å². The van der Waals surface area contributed by atoms with Gasteiger partial charge in [-0.2, -0.15) is 0 Å². The lowest BCUT2D eigenvalue weighted by Gasteiger charge is -2.09. The van der Waals surface area contributed by atoms with Crippen LogP contribution in [0, 0.1) is 10.1 Å². The van der Waals surface area contributed by atoms with Crippen molar-refractivity contribution in [1.82, 2.24) is 10.6 Å². The summed E-state index contributed by atoms with van der Waals surface area (Å²) >= 11 is 0. The fourth-order valence-electron chi connectivity index (χ4n) is 1.67. The van der Waals surface area contributed by atoms with Crippen molar-refractivity contribution in [2.45, 2.75) is 13.8 Å². The molecule has 0 aliphatic heterocycles. The quantitative estimate of drug-likeness (QED) is 0.327. The molecule has 0 spiro atoms. The van der Waals surface area contributed by atoms with Crippen molar-refractivity contribution < 1.29 is 24.0 Å². The van der Waals surface area contributed by atoms with Gasteiger partial charge in [0.15, 0.2) is 0 Å². The van der Waals surface area contributed by atoms with E-state index in [4.69, 9.17) is 0 Å². The number of benzene rings is 1. The molecular formula is C15H17N3O6. The first-order chi connectivity index (χ1) is 11.3. The molecule has 0 fully saturated rings. The van der Waals surface area contributed by atoms with Gasteiger partial charge in [0, 0.05) is 19.1 Å². The molecule has 0 saturated heterocycles. The molecule has 0 unspecified atom stereocenters. The zero-order valence-electron chi connectivity index (χ0n) is 13.2. The molecule has 0 aliphatic carbocycles. The van der Waals surface area contributed by atoms with Crippen LogP contribution in [0.5, 0.6) is 0 Å². The lowest BCUT2D eigenvalue weighted by atomic mass is 10.1. The summed E-state index contributed by atoms with van der Waals surface area (Å²) < 4.78 is 4.68. The first-order valence-corrected chi connectivity index (χ1v) is 7.01. The first kappa shape index (κ1) is 18.8. The minimum atomic E-state index is -0.684. The molecule has 0 aliphatic rings. The monoisotopic (exact) mass is 335 g/mol. The molecule has 9 nitrogen and oxygen atoms in total. The van der Waals surface area contributed by atoms with Gasteiger partial charge in [0.1, 0.15) is 12.2 Å². The third-order valence-electron chi connectivity index (χ3n) is 2.67. The van der Waals surface area contributed by atoms with Crippen LogP contribution in [-0.4, -0.2) is 35.9 Å². The van der Waals surface area contributed by atoms with Gasteiger partial charge >= 0.3 is 5.97 Å². The molecule has 1 aromatic carbocycles. The molecule has 0 heterocycles. The Hall–Kier alpha value is -3.23. The Bertz CT molecular complexity index is 666. The number of rotatable bonds is 7. The highest BCUT2D eigenvalue weighted by molar-refractivity contribution is 6.01. The lowest BCUT2D eigenvalue weighted by molar-refractivity contribution is -0.384. The fraction of sp³-hybridized carbons (Fsp3) is 0.267. The van der Waals surface area contributed by atoms with Crippen molar-refractivity contribution in [2.75, 3.05) is 13.2 Å². The molecule has 2 amide bonds. The number of nitrogens with one attached hydrogen (secondary N) is 2. The van der Waals surface area contributed by atoms with Crippen LogP contribution in [0.1, 0.15) is 19.4 Å². The summed E-state index contributed by atoms with van der Waals surface area (Å²) in [5.74, 6) is -1.77. The average molecular weight is 335 g/mol. The van der Waals surface area contributed by atoms with Gasteiger partial charge < -0.3 is 15.4 Å². The van der Waals surface area contributed by atoms with E-state index < -0.39 is 22.7 Å². The van der Waals surface area contributed by atoms with Crippen molar-refractivity contribution in [3.63, 3.8) is 0 Å². The normalized spacial score (nSPS) is 10.7. The summed E-state index contributed by atoms with van der Waals surface area (Å²) in [6.07, 6.45) is 1.34. The molecule has 24 heavy (non-hydrogen) atoms. The summed E-state index contributed by atoms with van der Waals surface area (Å²) in [5.41, 5.74) is 0.274. The third-order valence-corrected chi connectivity index (χ3v) is 2.67. The predicted molar refractivity (Wildman–Crippen MR) is 84.5 cm³/mol. The van der Waals surface area contributed by atoms with E-state index in [1.807, 2.05) is 0 Å². The average Bonchev–Trinajstić information content (AvgIpc) is 2.52. The van der Waals surface area contributed by atoms with Crippen LogP contribution >= 0.6 is 0 Å². The number of nitrogens with zero attached hydrogens (tertiary/aromatic N) is 1. The van der Waals surface area contributed by atoms with Gasteiger partial charge in [0.25, 0.3) is 11.6 Å². The van der Waals surface area contributed by atoms with Gasteiger partial charge in [0.2, 0.25) is 5.91 Å². The van der Waals surface area contributed by atoms with E-state index in [-0.39, 0.29) is 24.5 Å². The smallest absolute Gasteiger partial charge is 0.325 e. The van der Waals surface area contributed by atoms with Crippen molar-refractivity contribution in [3.05, 3.63) is 45.6 Å². The molecule has 1 rings (SSSR count). The summed E-state index contributed by atoms with van der Waals surface area (Å²) in [5, 5.41) is 15.3. The SMILES string of the molecule is CCOC(=O)CNC(=O)/C(=C/c1ccc([N+](=O)[O-])cc1)NC(C)=O. The van der Waals surface area contributed by atoms with Crippen molar-refractivity contribution in [3.8, 4) is 0 Å². The van der Waals surface area contributed by atoms with E-state index in [2.05, 4.69) is 15.4 Å². The summed E-state index contributed by atoms with van der Waals surface area (Å²) in [7, 11) is 0. The van der Waals surface area contributed by atoms with Crippen molar-refractivity contribution in [1.29, 1.82) is 0 Å². The van der Waals surface area contributed by atoms with Crippen LogP contribution in [0.15, 0.2) is 30.0 Å². The van der Waals surface area contributed by atoms with E-state index in [0.717, 1.165) is 0 Å². The number of non-ortho nitro benzene ring substituents is 1. The standard InChI is InChI=1S/C15H17N3O6/c1-3-24-14(20)9-16-15(21)13(17-10(2)19)8-11-4-6-12(7-5-11)18(22)23/h4-8H,3,9H2,1-2H3,(H,16,21)(H,17,19)/b13-8-. The maximum atomic E-state index is 12.1. The fourth-order valence-corrected chi connectivity index (χ4v) is 1.67. The van der Waals surface area contributed by atoms with Crippen LogP contribution in [-0.2, 0) is 19.1 Å². The third kappa shape index (κ3) is 6.26. The highest BCUT2D eigenvalue weighted by atomic mass is 16.6. The number of esters is 1. The van der Waals surface area contributed by atoms with E-state index in [0.29, 0.717) is 5.56 Å². The van der Waals surface area contributed by atoms with Crippen molar-refractivity contribution >= 4 is 29.5 Å². The Morgan fingerprint density at radius 1 is 1.25 bits per heavy atom. The number of amides is 2. The Balaban J connectivity index is 2.90. The zero-order valence-corrected chi connectivity index (χ0v) is 13.2. The zero-order chi connectivity index (χ0) is 18.1. The number of nitro groups is 1. The Morgan fingerprint density at radius 2 is 1.88 bits per heavy atom. The minimum absolute atomic E-state index is 0.0966. The Kier molecular flexibility index (Phi) is 7.08. The second-order valence-corrected chi connectivity index (χ2v) is 4.58. The van der Waals surface area contributed by atoms with Crippen LogP contribution < -0.4 is 10.6 Å². The molecule has 0 bridgehead atoms. The van der Waals surface area contributed by atoms with E-state index in [1.54, 1.807) is 6.92 Å². The molecule has 128 valence electrons. The molecule has 0 aromatic heterocycles. The molecule has 2 N–H and O–H groups in total. The van der Waals surface area contributed by atoms with Gasteiger partial charge in [-0.15, -0.1) is 0 Å². The number of hydrogen-bond acceptors (Lipinski definition) is 6. The van der Waals surface area contributed by atoms with Gasteiger partial charge in [0.05, 0.1) is 11.5 Å². The second-order valence-electron chi connectivity index (χ2n) is 4.58. The van der Waals surface area contributed by atoms with E-state index >= 15 is 0 Å². The Morgan fingerprint density at radius 3 is 2.38 bits per heavy atom. The van der Waals surface area contributed by atoms with Gasteiger partial charge in [-0.25, -0.2) is 0 Å². The van der Waals surface area contributed by atoms with Gasteiger partial charge in [-0.1, -0.05) is 0 Å². The maximum absolute atomic E-state index is 12.1. The second kappa shape index (κ2) is 9.03. The van der Waals surface area contributed by atoms with Gasteiger partial charge in [-0.3, -0.25) is 24.5 Å². The highest BCUT2D eigenvalue weighted by Gasteiger charge is 2.13. The van der Waals surface area contributed by atoms with Crippen molar-refractivity contribution in [2.24, 2.45) is 0 Å². The minimum Gasteiger partial charge on any atom is -0.465 e. The van der Waals surface area contributed by atoms with Gasteiger partial charge in [-0.05, 0) is 30.7 Å². The molecule has 0 saturated carbocycles. The molecular weight excluding hydrogens is 318 g/mol. The first-order valence-electron chi connectivity index (χ1n) is 7.01. The summed E-state index contributed by atoms with van der Waals surface area (Å²) in [6, 6.07) is 5.40. The summed E-state index contributed by atoms with van der Waals surface area (Å²) in [4.78, 5) is 44.6.